The summed E-state index contributed by atoms with van der Waals surface area (Å²) in [4.78, 5) is 3.89. The Balaban J connectivity index is 1.74. The van der Waals surface area contributed by atoms with Gasteiger partial charge in [-0.3, -0.25) is 4.90 Å². The fraction of sp³-hybridized carbons (Fsp3) is 0.412. The molecule has 0 radical (unpaired) electrons. The molecule has 0 aliphatic heterocycles. The molecule has 0 spiro atoms. The van der Waals surface area contributed by atoms with E-state index in [-0.39, 0.29) is 0 Å². The molecule has 2 aromatic rings. The fourth-order valence-corrected chi connectivity index (χ4v) is 3.03. The third-order valence-corrected chi connectivity index (χ3v) is 4.60. The van der Waals surface area contributed by atoms with Crippen LogP contribution in [0.5, 0.6) is 0 Å². The monoisotopic (exact) mass is 288 g/mol. The van der Waals surface area contributed by atoms with E-state index in [1.807, 2.05) is 11.3 Å². The van der Waals surface area contributed by atoms with Crippen molar-refractivity contribution in [1.82, 2.24) is 10.2 Å². The number of likely N-dealkylation sites (N-methyl/N-ethyl adjacent to an activating group) is 1. The lowest BCUT2D eigenvalue weighted by atomic mass is 10.2. The van der Waals surface area contributed by atoms with Gasteiger partial charge in [-0.05, 0) is 30.5 Å². The van der Waals surface area contributed by atoms with E-state index in [1.165, 1.54) is 10.4 Å². The van der Waals surface area contributed by atoms with E-state index in [4.69, 9.17) is 0 Å². The highest BCUT2D eigenvalue weighted by molar-refractivity contribution is 7.10. The highest BCUT2D eigenvalue weighted by Crippen LogP contribution is 2.17. The van der Waals surface area contributed by atoms with Crippen molar-refractivity contribution in [1.29, 1.82) is 0 Å². The molecule has 0 saturated carbocycles. The van der Waals surface area contributed by atoms with Gasteiger partial charge in [0.05, 0.1) is 0 Å². The van der Waals surface area contributed by atoms with Crippen molar-refractivity contribution in [2.24, 2.45) is 0 Å². The molecule has 20 heavy (non-hydrogen) atoms. The van der Waals surface area contributed by atoms with Gasteiger partial charge in [0.25, 0.3) is 0 Å². The number of thiophene rings is 1. The summed E-state index contributed by atoms with van der Waals surface area (Å²) in [5, 5.41) is 5.74. The zero-order valence-corrected chi connectivity index (χ0v) is 13.2. The number of rotatable bonds is 8. The van der Waals surface area contributed by atoms with Crippen molar-refractivity contribution in [3.05, 3.63) is 58.3 Å². The Bertz CT molecular complexity index is 467. The molecule has 108 valence electrons. The van der Waals surface area contributed by atoms with Crippen molar-refractivity contribution in [3.63, 3.8) is 0 Å². The number of nitrogens with one attached hydrogen (secondary N) is 1. The number of hydrogen-bond acceptors (Lipinski definition) is 3. The van der Waals surface area contributed by atoms with Crippen molar-refractivity contribution >= 4 is 11.3 Å². The van der Waals surface area contributed by atoms with Gasteiger partial charge in [0.2, 0.25) is 0 Å². The summed E-state index contributed by atoms with van der Waals surface area (Å²) >= 11 is 1.82. The highest BCUT2D eigenvalue weighted by Gasteiger charge is 2.07. The summed E-state index contributed by atoms with van der Waals surface area (Å²) in [6, 6.07) is 15.5. The number of nitrogens with zero attached hydrogens (tertiary/aromatic N) is 1. The molecule has 1 atom stereocenters. The standard InChI is InChI=1S/C17H24N2S/c1-3-19(14-16-8-5-4-6-9-16)12-11-18-15(2)17-10-7-13-20-17/h4-10,13,15,18H,3,11-12,14H2,1-2H3. The topological polar surface area (TPSA) is 15.3 Å². The predicted molar refractivity (Wildman–Crippen MR) is 88.1 cm³/mol. The van der Waals surface area contributed by atoms with Gasteiger partial charge >= 0.3 is 0 Å². The Morgan fingerprint density at radius 1 is 1.15 bits per heavy atom. The third kappa shape index (κ3) is 4.75. The van der Waals surface area contributed by atoms with Gasteiger partial charge in [0.15, 0.2) is 0 Å². The van der Waals surface area contributed by atoms with Crippen molar-refractivity contribution in [2.75, 3.05) is 19.6 Å². The van der Waals surface area contributed by atoms with Crippen LogP contribution in [0.4, 0.5) is 0 Å². The van der Waals surface area contributed by atoms with Gasteiger partial charge in [-0.1, -0.05) is 43.3 Å². The minimum absolute atomic E-state index is 0.449. The SMILES string of the molecule is CCN(CCNC(C)c1cccs1)Cc1ccccc1. The molecular formula is C17H24N2S. The van der Waals surface area contributed by atoms with Crippen molar-refractivity contribution < 1.29 is 0 Å². The molecule has 3 heteroatoms. The Labute approximate surface area is 126 Å². The van der Waals surface area contributed by atoms with Crippen LogP contribution in [0.25, 0.3) is 0 Å². The van der Waals surface area contributed by atoms with Crippen LogP contribution in [0.3, 0.4) is 0 Å². The van der Waals surface area contributed by atoms with E-state index in [0.29, 0.717) is 6.04 Å². The molecule has 1 aromatic carbocycles. The maximum Gasteiger partial charge on any atom is 0.0386 e. The molecule has 1 heterocycles. The molecule has 1 aromatic heterocycles. The minimum Gasteiger partial charge on any atom is -0.308 e. The first-order valence-corrected chi connectivity index (χ1v) is 8.20. The molecule has 0 saturated heterocycles. The molecule has 0 aliphatic carbocycles. The van der Waals surface area contributed by atoms with Crippen LogP contribution in [-0.4, -0.2) is 24.5 Å². The van der Waals surface area contributed by atoms with Crippen LogP contribution in [0.2, 0.25) is 0 Å². The first kappa shape index (κ1) is 15.2. The molecule has 1 N–H and O–H groups in total. The molecule has 0 fully saturated rings. The second-order valence-electron chi connectivity index (χ2n) is 5.05. The van der Waals surface area contributed by atoms with Crippen LogP contribution in [0.1, 0.15) is 30.3 Å². The summed E-state index contributed by atoms with van der Waals surface area (Å²) in [6.45, 7) is 8.70. The lowest BCUT2D eigenvalue weighted by Gasteiger charge is -2.22. The van der Waals surface area contributed by atoms with Crippen molar-refractivity contribution in [3.8, 4) is 0 Å². The predicted octanol–water partition coefficient (Wildman–Crippen LogP) is 3.92. The van der Waals surface area contributed by atoms with Gasteiger partial charge in [-0.15, -0.1) is 11.3 Å². The number of benzene rings is 1. The average molecular weight is 288 g/mol. The summed E-state index contributed by atoms with van der Waals surface area (Å²) in [7, 11) is 0. The van der Waals surface area contributed by atoms with Crippen LogP contribution >= 0.6 is 11.3 Å². The first-order valence-electron chi connectivity index (χ1n) is 7.32. The van der Waals surface area contributed by atoms with Crippen LogP contribution in [0.15, 0.2) is 47.8 Å². The lowest BCUT2D eigenvalue weighted by Crippen LogP contribution is -2.32. The van der Waals surface area contributed by atoms with Crippen molar-refractivity contribution in [2.45, 2.75) is 26.4 Å². The van der Waals surface area contributed by atoms with Gasteiger partial charge in [-0.25, -0.2) is 0 Å². The normalized spacial score (nSPS) is 12.8. The number of hydrogen-bond donors (Lipinski definition) is 1. The second kappa shape index (κ2) is 8.20. The Kier molecular flexibility index (Phi) is 6.25. The van der Waals surface area contributed by atoms with Gasteiger partial charge < -0.3 is 5.32 Å². The van der Waals surface area contributed by atoms with Gasteiger partial charge in [0.1, 0.15) is 0 Å². The van der Waals surface area contributed by atoms with E-state index < -0.39 is 0 Å². The zero-order valence-electron chi connectivity index (χ0n) is 12.4. The fourth-order valence-electron chi connectivity index (χ4n) is 2.27. The largest absolute Gasteiger partial charge is 0.308 e. The summed E-state index contributed by atoms with van der Waals surface area (Å²) in [5.74, 6) is 0. The summed E-state index contributed by atoms with van der Waals surface area (Å²) in [5.41, 5.74) is 1.39. The smallest absolute Gasteiger partial charge is 0.0386 e. The van der Waals surface area contributed by atoms with E-state index >= 15 is 0 Å². The highest BCUT2D eigenvalue weighted by atomic mass is 32.1. The van der Waals surface area contributed by atoms with Gasteiger partial charge in [-0.2, -0.15) is 0 Å². The van der Waals surface area contributed by atoms with E-state index in [0.717, 1.165) is 26.2 Å². The summed E-state index contributed by atoms with van der Waals surface area (Å²) < 4.78 is 0. The Morgan fingerprint density at radius 2 is 1.95 bits per heavy atom. The second-order valence-corrected chi connectivity index (χ2v) is 6.02. The molecule has 0 amide bonds. The van der Waals surface area contributed by atoms with Crippen LogP contribution in [-0.2, 0) is 6.54 Å². The van der Waals surface area contributed by atoms with Crippen LogP contribution in [0, 0.1) is 0 Å². The average Bonchev–Trinajstić information content (AvgIpc) is 3.01. The molecular weight excluding hydrogens is 264 g/mol. The zero-order chi connectivity index (χ0) is 14.2. The van der Waals surface area contributed by atoms with E-state index in [2.05, 4.69) is 71.9 Å². The lowest BCUT2D eigenvalue weighted by molar-refractivity contribution is 0.275. The van der Waals surface area contributed by atoms with Gasteiger partial charge in [0, 0.05) is 30.6 Å². The molecule has 0 aliphatic rings. The minimum atomic E-state index is 0.449. The molecule has 2 nitrogen and oxygen atoms in total. The Hall–Kier alpha value is -1.16. The molecule has 0 bridgehead atoms. The quantitative estimate of drug-likeness (QED) is 0.792. The third-order valence-electron chi connectivity index (χ3n) is 3.54. The maximum atomic E-state index is 3.60. The first-order chi connectivity index (χ1) is 9.79. The molecule has 1 unspecified atom stereocenters. The maximum absolute atomic E-state index is 3.60. The summed E-state index contributed by atoms with van der Waals surface area (Å²) in [6.07, 6.45) is 0. The van der Waals surface area contributed by atoms with E-state index in [1.54, 1.807) is 0 Å². The Morgan fingerprint density at radius 3 is 2.60 bits per heavy atom. The van der Waals surface area contributed by atoms with Crippen LogP contribution < -0.4 is 5.32 Å². The van der Waals surface area contributed by atoms with E-state index in [9.17, 15) is 0 Å². The molecule has 2 rings (SSSR count).